The van der Waals surface area contributed by atoms with Gasteiger partial charge in [-0.2, -0.15) is 5.10 Å². The summed E-state index contributed by atoms with van der Waals surface area (Å²) >= 11 is 1.35. The van der Waals surface area contributed by atoms with E-state index in [4.69, 9.17) is 24.2 Å². The van der Waals surface area contributed by atoms with E-state index in [9.17, 15) is 28.7 Å². The molecule has 0 saturated carbocycles. The molecule has 390 valence electrons. The van der Waals surface area contributed by atoms with Crippen molar-refractivity contribution in [3.63, 3.8) is 0 Å². The van der Waals surface area contributed by atoms with Gasteiger partial charge in [0.1, 0.15) is 66.0 Å². The van der Waals surface area contributed by atoms with Crippen LogP contribution in [0.3, 0.4) is 0 Å². The van der Waals surface area contributed by atoms with Crippen LogP contribution in [0.15, 0.2) is 101 Å². The van der Waals surface area contributed by atoms with Crippen molar-refractivity contribution in [2.45, 2.75) is 93.3 Å². The van der Waals surface area contributed by atoms with E-state index in [1.165, 1.54) is 52.2 Å². The quantitative estimate of drug-likeness (QED) is 0.0412. The Morgan fingerprint density at radius 1 is 1.01 bits per heavy atom. The van der Waals surface area contributed by atoms with Crippen LogP contribution in [0, 0.1) is 11.6 Å². The van der Waals surface area contributed by atoms with Gasteiger partial charge in [0.25, 0.3) is 17.1 Å². The summed E-state index contributed by atoms with van der Waals surface area (Å²) in [6.45, 7) is 9.10. The molecule has 9 rings (SSSR count). The summed E-state index contributed by atoms with van der Waals surface area (Å²) in [6, 6.07) is 16.6. The van der Waals surface area contributed by atoms with Crippen molar-refractivity contribution in [1.29, 1.82) is 0 Å². The lowest BCUT2D eigenvalue weighted by Crippen LogP contribution is -2.71. The number of carbonyl (C=O) groups excluding carboxylic acids is 3. The van der Waals surface area contributed by atoms with Gasteiger partial charge in [0.15, 0.2) is 12.0 Å². The molecule has 4 aromatic rings. The summed E-state index contributed by atoms with van der Waals surface area (Å²) in [5.74, 6) is -2.84. The van der Waals surface area contributed by atoms with E-state index in [2.05, 4.69) is 37.3 Å². The van der Waals surface area contributed by atoms with E-state index < -0.39 is 69.0 Å². The summed E-state index contributed by atoms with van der Waals surface area (Å²) in [5.41, 5.74) is 0.677. The van der Waals surface area contributed by atoms with Crippen molar-refractivity contribution in [2.24, 2.45) is 10.3 Å². The zero-order valence-corrected chi connectivity index (χ0v) is 42.4. The molecule has 4 saturated heterocycles. The van der Waals surface area contributed by atoms with Gasteiger partial charge in [-0.25, -0.2) is 23.2 Å². The molecule has 4 fully saturated rings. The average molecular weight is 1050 g/mol. The van der Waals surface area contributed by atoms with Gasteiger partial charge in [0.05, 0.1) is 19.2 Å². The molecule has 3 aromatic carbocycles. The van der Waals surface area contributed by atoms with E-state index >= 15 is 4.39 Å². The summed E-state index contributed by atoms with van der Waals surface area (Å²) < 4.78 is 48.7. The number of β-lactam (4-membered cyclic amide) rings is 1. The zero-order valence-electron chi connectivity index (χ0n) is 40.8. The Kier molecular flexibility index (Phi) is 15.6. The molecule has 5 aliphatic heterocycles. The highest BCUT2D eigenvalue weighted by molar-refractivity contribution is 8.43. The maximum atomic E-state index is 15.1. The number of amides is 3. The number of ether oxygens (including phenoxy) is 3. The molecule has 19 nitrogen and oxygen atoms in total. The normalized spacial score (nSPS) is 26.1. The lowest BCUT2D eigenvalue weighted by molar-refractivity contribution is -0.150. The number of nitrogens with zero attached hydrogens (tertiary/aromatic N) is 8. The van der Waals surface area contributed by atoms with Gasteiger partial charge in [-0.3, -0.25) is 24.4 Å². The number of aromatic nitrogens is 3. The minimum atomic E-state index is -2.69. The van der Waals surface area contributed by atoms with Gasteiger partial charge in [-0.1, -0.05) is 41.2 Å². The van der Waals surface area contributed by atoms with Crippen LogP contribution in [-0.4, -0.2) is 146 Å². The monoisotopic (exact) mass is 1050 g/mol. The van der Waals surface area contributed by atoms with E-state index in [1.54, 1.807) is 4.90 Å². The fraction of sp³-hybridized carbons (Fsp3) is 0.460. The number of halogens is 2. The van der Waals surface area contributed by atoms with Crippen molar-refractivity contribution in [1.82, 2.24) is 29.9 Å². The molecule has 1 aromatic heterocycles. The maximum absolute atomic E-state index is 15.1. The zero-order chi connectivity index (χ0) is 51.4. The Balaban J connectivity index is 0.813. The second kappa shape index (κ2) is 22.1. The van der Waals surface area contributed by atoms with Gasteiger partial charge >= 0.3 is 5.97 Å². The number of piperazine rings is 1. The predicted octanol–water partition coefficient (Wildman–Crippen LogP) is 5.80. The molecule has 0 radical (unpaired) electrons. The molecular weight excluding hydrogens is 987 g/mol. The Labute approximate surface area is 427 Å². The Bertz CT molecular complexity index is 2710. The van der Waals surface area contributed by atoms with Crippen LogP contribution in [0.5, 0.6) is 5.75 Å². The Morgan fingerprint density at radius 2 is 1.73 bits per heavy atom. The van der Waals surface area contributed by atoms with Gasteiger partial charge in [0, 0.05) is 71.6 Å². The molecule has 23 heteroatoms. The number of unbranched alkanes of at least 4 members (excludes halogenated alkanes) is 3. The molecule has 0 aliphatic carbocycles. The number of fused-ring (bicyclic) bond motifs is 1. The van der Waals surface area contributed by atoms with Crippen LogP contribution in [0.1, 0.15) is 52.0 Å². The third-order valence-electron chi connectivity index (χ3n) is 13.6. The fourth-order valence-electron chi connectivity index (χ4n) is 9.82. The van der Waals surface area contributed by atoms with Crippen molar-refractivity contribution < 1.29 is 52.1 Å². The topological polar surface area (TPSA) is 220 Å². The van der Waals surface area contributed by atoms with Crippen LogP contribution in [0.25, 0.3) is 0 Å². The Morgan fingerprint density at radius 3 is 2.37 bits per heavy atom. The van der Waals surface area contributed by atoms with Gasteiger partial charge in [-0.15, -0.1) is 11.8 Å². The number of rotatable bonds is 20. The second-order valence-corrected chi connectivity index (χ2v) is 22.6. The number of nitrogens with two attached hydrogens (primary N) is 1. The number of hydrogen-bond acceptors (Lipinski definition) is 15. The van der Waals surface area contributed by atoms with Crippen LogP contribution in [0.2, 0.25) is 0 Å². The first-order chi connectivity index (χ1) is 35.2. The molecule has 6 atom stereocenters. The molecular formula is C50H60F2N10O9S2. The van der Waals surface area contributed by atoms with E-state index in [0.717, 1.165) is 69.3 Å². The number of aliphatic carboxylic acids is 1. The fourth-order valence-corrected chi connectivity index (χ4v) is 13.7. The van der Waals surface area contributed by atoms with Gasteiger partial charge in [-0.05, 0) is 87.4 Å². The van der Waals surface area contributed by atoms with Crippen LogP contribution in [-0.2, 0) is 40.8 Å². The molecule has 5 aliphatic rings. The molecule has 0 spiro atoms. The third-order valence-corrected chi connectivity index (χ3v) is 17.6. The minimum Gasteiger partial charge on any atom is -0.488 e. The van der Waals surface area contributed by atoms with Crippen LogP contribution >= 0.6 is 22.0 Å². The van der Waals surface area contributed by atoms with Crippen molar-refractivity contribution in [3.05, 3.63) is 108 Å². The first-order valence-corrected chi connectivity index (χ1v) is 27.3. The molecule has 73 heavy (non-hydrogen) atoms. The van der Waals surface area contributed by atoms with Crippen LogP contribution < -0.4 is 25.0 Å². The molecule has 6 heterocycles. The SMILES string of the molecule is CCCCCCO/N=C(\C(=O)NC1C(=O)N2C(C(=O)O)=CCSC12)C1CS(N)(c2ccc(N3CCN(c4ccc(OC[C@H]5OC[C@](Cn6cncn6)(c6ccc(F)cc6F)O5)cc4)CC3)cc2)C(=O)N1C(C)C. The number of hydrogen-bond donors (Lipinski definition) is 3. The van der Waals surface area contributed by atoms with Crippen molar-refractivity contribution in [3.8, 4) is 5.75 Å². The average Bonchev–Trinajstić information content (AvgIpc) is 4.13. The molecule has 4 unspecified atom stereocenters. The molecule has 3 amide bonds. The predicted molar refractivity (Wildman–Crippen MR) is 271 cm³/mol. The number of benzene rings is 3. The standard InChI is InChI=1S/C50H60F2N10O9S2/c1-4-5-6-7-23-70-57-43(45(63)56-44-46(64)62-40(48(65)66)18-24-72-47(44)62)41-27-73(53,49(67)61(41)32(2)3)37-15-11-35(12-16-37)59-21-19-58(20-22-59)34-9-13-36(14-10-34)68-26-42-69-29-50(71-42,28-60-31-54-30-55-60)38-17-8-33(51)25-39(38)52/h8-18,25,30-32,41-42,44,47H,4-7,19-24,26-29,53H2,1-3H3,(H,56,63)(H,65,66)/b57-43-/t41?,42-,44?,47?,50+/m0/s1. The van der Waals surface area contributed by atoms with E-state index in [1.807, 2.05) is 62.4 Å². The number of anilines is 2. The van der Waals surface area contributed by atoms with Crippen LogP contribution in [0.4, 0.5) is 25.0 Å². The summed E-state index contributed by atoms with van der Waals surface area (Å²) in [6.07, 6.45) is 7.18. The number of thioether (sulfide) groups is 1. The highest BCUT2D eigenvalue weighted by atomic mass is 32.3. The number of nitrogens with one attached hydrogen (secondary N) is 1. The largest absolute Gasteiger partial charge is 0.488 e. The molecule has 0 bridgehead atoms. The third kappa shape index (κ3) is 10.7. The maximum Gasteiger partial charge on any atom is 0.352 e. The number of carbonyl (C=O) groups is 4. The highest BCUT2D eigenvalue weighted by Crippen LogP contribution is 2.57. The lowest BCUT2D eigenvalue weighted by Gasteiger charge is -2.48. The van der Waals surface area contributed by atoms with Gasteiger partial charge < -0.3 is 44.2 Å². The summed E-state index contributed by atoms with van der Waals surface area (Å²) in [7, 11) is -2.69. The van der Waals surface area contributed by atoms with Gasteiger partial charge in [0.2, 0.25) is 0 Å². The first-order valence-electron chi connectivity index (χ1n) is 24.4. The summed E-state index contributed by atoms with van der Waals surface area (Å²) in [5, 5.41) is 27.3. The minimum absolute atomic E-state index is 0.0103. The second-order valence-electron chi connectivity index (χ2n) is 18.7. The number of carboxylic acids is 1. The smallest absolute Gasteiger partial charge is 0.352 e. The van der Waals surface area contributed by atoms with E-state index in [-0.39, 0.29) is 60.4 Å². The first kappa shape index (κ1) is 51.6. The van der Waals surface area contributed by atoms with E-state index in [0.29, 0.717) is 16.4 Å². The number of carboxylic acid groups (broad SMARTS) is 1. The molecule has 4 N–H and O–H groups in total. The summed E-state index contributed by atoms with van der Waals surface area (Å²) in [4.78, 5) is 71.6. The highest BCUT2D eigenvalue weighted by Gasteiger charge is 2.55. The number of oxime groups is 1. The lowest BCUT2D eigenvalue weighted by atomic mass is 9.94. The Hall–Kier alpha value is -6.27. The van der Waals surface area contributed by atoms with Crippen molar-refractivity contribution in [2.75, 3.05) is 67.3 Å². The van der Waals surface area contributed by atoms with Crippen molar-refractivity contribution >= 4 is 62.1 Å².